The predicted molar refractivity (Wildman–Crippen MR) is 58.6 cm³/mol. The van der Waals surface area contributed by atoms with E-state index < -0.39 is 11.6 Å². The summed E-state index contributed by atoms with van der Waals surface area (Å²) >= 11 is 0. The maximum absolute atomic E-state index is 13.3. The van der Waals surface area contributed by atoms with Gasteiger partial charge in [0.25, 0.3) is 0 Å². The summed E-state index contributed by atoms with van der Waals surface area (Å²) in [6.07, 6.45) is -0.0135. The molecule has 0 amide bonds. The quantitative estimate of drug-likeness (QED) is 0.868. The summed E-state index contributed by atoms with van der Waals surface area (Å²) < 4.78 is 36.9. The molecule has 0 aliphatic carbocycles. The smallest absolute Gasteiger partial charge is 0.163 e. The van der Waals surface area contributed by atoms with Gasteiger partial charge in [0.2, 0.25) is 0 Å². The highest BCUT2D eigenvalue weighted by Gasteiger charge is 2.14. The van der Waals surface area contributed by atoms with Crippen molar-refractivity contribution >= 4 is 0 Å². The Morgan fingerprint density at radius 3 is 2.94 bits per heavy atom. The van der Waals surface area contributed by atoms with Crippen LogP contribution in [0.5, 0.6) is 0 Å². The molecule has 1 aromatic carbocycles. The van der Waals surface area contributed by atoms with Gasteiger partial charge in [0.05, 0.1) is 25.9 Å². The first-order valence-corrected chi connectivity index (χ1v) is 5.60. The van der Waals surface area contributed by atoms with E-state index in [1.54, 1.807) is 6.07 Å². The molecule has 1 N–H and O–H groups in total. The summed E-state index contributed by atoms with van der Waals surface area (Å²) in [5, 5.41) is 3.03. The molecular formula is C12H15F2NO2. The molecule has 1 aliphatic rings. The second-order valence-corrected chi connectivity index (χ2v) is 3.91. The van der Waals surface area contributed by atoms with Crippen LogP contribution in [0.15, 0.2) is 18.2 Å². The SMILES string of the molecule is Fc1cccc(CNCC2COCCO2)c1F. The van der Waals surface area contributed by atoms with Crippen LogP contribution >= 0.6 is 0 Å². The minimum absolute atomic E-state index is 0.0135. The standard InChI is InChI=1S/C12H15F2NO2/c13-11-3-1-2-9(12(11)14)6-15-7-10-8-16-4-5-17-10/h1-3,10,15H,4-8H2. The fraction of sp³-hybridized carbons (Fsp3) is 0.500. The van der Waals surface area contributed by atoms with Crippen molar-refractivity contribution in [3.63, 3.8) is 0 Å². The average Bonchev–Trinajstić information content (AvgIpc) is 2.36. The zero-order valence-electron chi connectivity index (χ0n) is 9.42. The minimum Gasteiger partial charge on any atom is -0.376 e. The van der Waals surface area contributed by atoms with Gasteiger partial charge >= 0.3 is 0 Å². The van der Waals surface area contributed by atoms with Crippen molar-refractivity contribution in [1.82, 2.24) is 5.32 Å². The Kier molecular flexibility index (Phi) is 4.42. The zero-order chi connectivity index (χ0) is 12.1. The molecule has 1 atom stereocenters. The highest BCUT2D eigenvalue weighted by molar-refractivity contribution is 5.18. The van der Waals surface area contributed by atoms with Gasteiger partial charge < -0.3 is 14.8 Å². The lowest BCUT2D eigenvalue weighted by atomic mass is 10.2. The first-order valence-electron chi connectivity index (χ1n) is 5.60. The third kappa shape index (κ3) is 3.46. The minimum atomic E-state index is -0.818. The molecule has 1 aromatic rings. The molecule has 17 heavy (non-hydrogen) atoms. The van der Waals surface area contributed by atoms with Crippen molar-refractivity contribution < 1.29 is 18.3 Å². The number of ether oxygens (including phenoxy) is 2. The Labute approximate surface area is 98.7 Å². The van der Waals surface area contributed by atoms with Crippen LogP contribution in [-0.4, -0.2) is 32.5 Å². The molecular weight excluding hydrogens is 228 g/mol. The Morgan fingerprint density at radius 1 is 1.29 bits per heavy atom. The second kappa shape index (κ2) is 6.05. The molecule has 0 saturated carbocycles. The Bertz CT molecular complexity index is 368. The molecule has 0 aromatic heterocycles. The highest BCUT2D eigenvalue weighted by Crippen LogP contribution is 2.11. The molecule has 1 unspecified atom stereocenters. The Balaban J connectivity index is 1.79. The van der Waals surface area contributed by atoms with Crippen LogP contribution in [0.25, 0.3) is 0 Å². The van der Waals surface area contributed by atoms with Gasteiger partial charge in [0.15, 0.2) is 11.6 Å². The lowest BCUT2D eigenvalue weighted by Gasteiger charge is -2.23. The summed E-state index contributed by atoms with van der Waals surface area (Å²) in [6, 6.07) is 4.16. The fourth-order valence-corrected chi connectivity index (χ4v) is 1.71. The van der Waals surface area contributed by atoms with Crippen LogP contribution in [0, 0.1) is 11.6 Å². The Hall–Kier alpha value is -1.04. The van der Waals surface area contributed by atoms with E-state index in [0.29, 0.717) is 31.9 Å². The number of hydrogen-bond acceptors (Lipinski definition) is 3. The van der Waals surface area contributed by atoms with E-state index in [-0.39, 0.29) is 12.6 Å². The van der Waals surface area contributed by atoms with Gasteiger partial charge in [0.1, 0.15) is 0 Å². The molecule has 94 valence electrons. The van der Waals surface area contributed by atoms with E-state index >= 15 is 0 Å². The van der Waals surface area contributed by atoms with Crippen molar-refractivity contribution in [2.75, 3.05) is 26.4 Å². The third-order valence-corrected chi connectivity index (χ3v) is 2.60. The number of rotatable bonds is 4. The zero-order valence-corrected chi connectivity index (χ0v) is 9.42. The normalized spacial score (nSPS) is 20.5. The van der Waals surface area contributed by atoms with Gasteiger partial charge in [-0.2, -0.15) is 0 Å². The van der Waals surface area contributed by atoms with Crippen LogP contribution in [-0.2, 0) is 16.0 Å². The van der Waals surface area contributed by atoms with Crippen LogP contribution in [0.3, 0.4) is 0 Å². The molecule has 5 heteroatoms. The topological polar surface area (TPSA) is 30.5 Å². The van der Waals surface area contributed by atoms with Gasteiger partial charge in [0, 0.05) is 18.7 Å². The predicted octanol–water partition coefficient (Wildman–Crippen LogP) is 1.47. The summed E-state index contributed by atoms with van der Waals surface area (Å²) in [5.41, 5.74) is 0.321. The van der Waals surface area contributed by atoms with Crippen molar-refractivity contribution in [2.45, 2.75) is 12.6 Å². The van der Waals surface area contributed by atoms with Crippen molar-refractivity contribution in [2.24, 2.45) is 0 Å². The third-order valence-electron chi connectivity index (χ3n) is 2.60. The van der Waals surface area contributed by atoms with Gasteiger partial charge in [-0.1, -0.05) is 12.1 Å². The van der Waals surface area contributed by atoms with E-state index in [4.69, 9.17) is 9.47 Å². The number of halogens is 2. The first kappa shape index (κ1) is 12.4. The van der Waals surface area contributed by atoms with E-state index in [9.17, 15) is 8.78 Å². The Morgan fingerprint density at radius 2 is 2.18 bits per heavy atom. The van der Waals surface area contributed by atoms with Crippen molar-refractivity contribution in [1.29, 1.82) is 0 Å². The van der Waals surface area contributed by atoms with Crippen LogP contribution in [0.1, 0.15) is 5.56 Å². The monoisotopic (exact) mass is 243 g/mol. The maximum atomic E-state index is 13.3. The van der Waals surface area contributed by atoms with Crippen molar-refractivity contribution in [3.05, 3.63) is 35.4 Å². The lowest BCUT2D eigenvalue weighted by Crippen LogP contribution is -2.37. The molecule has 0 bridgehead atoms. The second-order valence-electron chi connectivity index (χ2n) is 3.91. The van der Waals surface area contributed by atoms with Gasteiger partial charge in [-0.15, -0.1) is 0 Å². The van der Waals surface area contributed by atoms with Gasteiger partial charge in [-0.05, 0) is 6.07 Å². The number of hydrogen-bond donors (Lipinski definition) is 1. The first-order chi connectivity index (χ1) is 8.27. The molecule has 0 radical (unpaired) electrons. The maximum Gasteiger partial charge on any atom is 0.163 e. The van der Waals surface area contributed by atoms with Crippen LogP contribution in [0.2, 0.25) is 0 Å². The van der Waals surface area contributed by atoms with E-state index in [1.807, 2.05) is 0 Å². The van der Waals surface area contributed by atoms with E-state index in [2.05, 4.69) is 5.32 Å². The van der Waals surface area contributed by atoms with Crippen LogP contribution in [0.4, 0.5) is 8.78 Å². The summed E-state index contributed by atoms with van der Waals surface area (Å²) in [4.78, 5) is 0. The number of nitrogens with one attached hydrogen (secondary N) is 1. The summed E-state index contributed by atoms with van der Waals surface area (Å²) in [6.45, 7) is 2.59. The molecule has 0 spiro atoms. The fourth-order valence-electron chi connectivity index (χ4n) is 1.71. The molecule has 1 heterocycles. The lowest BCUT2D eigenvalue weighted by molar-refractivity contribution is -0.0864. The molecule has 1 fully saturated rings. The molecule has 3 nitrogen and oxygen atoms in total. The van der Waals surface area contributed by atoms with Crippen molar-refractivity contribution in [3.8, 4) is 0 Å². The average molecular weight is 243 g/mol. The van der Waals surface area contributed by atoms with E-state index in [1.165, 1.54) is 6.07 Å². The largest absolute Gasteiger partial charge is 0.376 e. The van der Waals surface area contributed by atoms with Gasteiger partial charge in [-0.3, -0.25) is 0 Å². The summed E-state index contributed by atoms with van der Waals surface area (Å²) in [5.74, 6) is -1.61. The van der Waals surface area contributed by atoms with E-state index in [0.717, 1.165) is 6.07 Å². The molecule has 1 aliphatic heterocycles. The van der Waals surface area contributed by atoms with Gasteiger partial charge in [-0.25, -0.2) is 8.78 Å². The molecule has 2 rings (SSSR count). The summed E-state index contributed by atoms with van der Waals surface area (Å²) in [7, 11) is 0. The molecule has 1 saturated heterocycles. The van der Waals surface area contributed by atoms with Crippen LogP contribution < -0.4 is 5.32 Å². The number of benzene rings is 1. The highest BCUT2D eigenvalue weighted by atomic mass is 19.2.